The van der Waals surface area contributed by atoms with E-state index in [1.54, 1.807) is 0 Å². The first-order valence-electron chi connectivity index (χ1n) is 8.20. The van der Waals surface area contributed by atoms with Crippen molar-refractivity contribution in [2.75, 3.05) is 13.2 Å². The molecule has 0 saturated heterocycles. The van der Waals surface area contributed by atoms with Gasteiger partial charge < -0.3 is 9.47 Å². The minimum absolute atomic E-state index is 0.147. The summed E-state index contributed by atoms with van der Waals surface area (Å²) in [6.45, 7) is 5.81. The van der Waals surface area contributed by atoms with Gasteiger partial charge in [-0.3, -0.25) is 0 Å². The zero-order valence-corrected chi connectivity index (χ0v) is 12.7. The SMILES string of the molecule is CCC1COC(C2(C3=NC(CC)CO3)CCCCC2)=N1. The summed E-state index contributed by atoms with van der Waals surface area (Å²) in [7, 11) is 0. The maximum Gasteiger partial charge on any atom is 0.199 e. The Kier molecular flexibility index (Phi) is 3.99. The van der Waals surface area contributed by atoms with Crippen molar-refractivity contribution in [2.45, 2.75) is 70.9 Å². The fraction of sp³-hybridized carbons (Fsp3) is 0.875. The van der Waals surface area contributed by atoms with Gasteiger partial charge in [-0.15, -0.1) is 0 Å². The lowest BCUT2D eigenvalue weighted by Gasteiger charge is -2.35. The van der Waals surface area contributed by atoms with Crippen LogP contribution in [0, 0.1) is 5.41 Å². The van der Waals surface area contributed by atoms with E-state index in [0.29, 0.717) is 12.1 Å². The third kappa shape index (κ3) is 2.33. The summed E-state index contributed by atoms with van der Waals surface area (Å²) in [6.07, 6.45) is 8.00. The molecule has 20 heavy (non-hydrogen) atoms. The van der Waals surface area contributed by atoms with E-state index in [2.05, 4.69) is 13.8 Å². The Balaban J connectivity index is 1.89. The molecule has 2 aliphatic heterocycles. The standard InChI is InChI=1S/C16H26N2O2/c1-3-12-10-19-14(17-12)16(8-6-5-7-9-16)15-18-13(4-2)11-20-15/h12-13H,3-11H2,1-2H3. The first-order chi connectivity index (χ1) is 9.78. The van der Waals surface area contributed by atoms with Crippen molar-refractivity contribution < 1.29 is 9.47 Å². The van der Waals surface area contributed by atoms with Crippen LogP contribution < -0.4 is 0 Å². The predicted octanol–water partition coefficient (Wildman–Crippen LogP) is 3.35. The predicted molar refractivity (Wildman–Crippen MR) is 80.5 cm³/mol. The van der Waals surface area contributed by atoms with Crippen LogP contribution in [0.1, 0.15) is 58.8 Å². The van der Waals surface area contributed by atoms with E-state index in [0.717, 1.165) is 50.7 Å². The van der Waals surface area contributed by atoms with Gasteiger partial charge in [0.2, 0.25) is 0 Å². The molecule has 0 aromatic rings. The summed E-state index contributed by atoms with van der Waals surface area (Å²) in [5, 5.41) is 0. The Labute approximate surface area is 121 Å². The molecule has 0 amide bonds. The minimum atomic E-state index is -0.147. The molecular formula is C16H26N2O2. The lowest BCUT2D eigenvalue weighted by Crippen LogP contribution is -2.41. The van der Waals surface area contributed by atoms with Gasteiger partial charge in [-0.2, -0.15) is 0 Å². The van der Waals surface area contributed by atoms with Crippen molar-refractivity contribution in [1.29, 1.82) is 0 Å². The Morgan fingerprint density at radius 1 is 0.900 bits per heavy atom. The highest BCUT2D eigenvalue weighted by molar-refractivity contribution is 6.06. The van der Waals surface area contributed by atoms with Crippen molar-refractivity contribution in [2.24, 2.45) is 15.4 Å². The second-order valence-electron chi connectivity index (χ2n) is 6.26. The molecule has 2 unspecified atom stereocenters. The Morgan fingerprint density at radius 2 is 1.40 bits per heavy atom. The molecule has 112 valence electrons. The first-order valence-corrected chi connectivity index (χ1v) is 8.20. The van der Waals surface area contributed by atoms with Gasteiger partial charge in [-0.1, -0.05) is 33.1 Å². The molecule has 1 aliphatic carbocycles. The molecule has 0 N–H and O–H groups in total. The first kappa shape index (κ1) is 13.9. The molecule has 2 atom stereocenters. The fourth-order valence-corrected chi connectivity index (χ4v) is 3.45. The zero-order chi connectivity index (χ0) is 14.0. The van der Waals surface area contributed by atoms with Gasteiger partial charge in [0, 0.05) is 0 Å². The largest absolute Gasteiger partial charge is 0.478 e. The van der Waals surface area contributed by atoms with Gasteiger partial charge in [-0.05, 0) is 25.7 Å². The molecule has 1 saturated carbocycles. The average molecular weight is 278 g/mol. The molecule has 0 aromatic heterocycles. The lowest BCUT2D eigenvalue weighted by molar-refractivity contribution is 0.219. The quantitative estimate of drug-likeness (QED) is 0.791. The van der Waals surface area contributed by atoms with Crippen LogP contribution >= 0.6 is 0 Å². The van der Waals surface area contributed by atoms with Crippen molar-refractivity contribution in [1.82, 2.24) is 0 Å². The van der Waals surface area contributed by atoms with Gasteiger partial charge in [0.25, 0.3) is 0 Å². The van der Waals surface area contributed by atoms with Crippen LogP contribution in [0.2, 0.25) is 0 Å². The van der Waals surface area contributed by atoms with Crippen molar-refractivity contribution in [3.05, 3.63) is 0 Å². The fourth-order valence-electron chi connectivity index (χ4n) is 3.45. The maximum absolute atomic E-state index is 5.97. The van der Waals surface area contributed by atoms with Crippen LogP contribution in [-0.4, -0.2) is 37.1 Å². The normalized spacial score (nSPS) is 32.3. The van der Waals surface area contributed by atoms with Crippen LogP contribution in [0.15, 0.2) is 9.98 Å². The number of hydrogen-bond acceptors (Lipinski definition) is 4. The Bertz CT molecular complexity index is 379. The van der Waals surface area contributed by atoms with Crippen LogP contribution in [0.3, 0.4) is 0 Å². The van der Waals surface area contributed by atoms with Crippen LogP contribution in [0.25, 0.3) is 0 Å². The number of ether oxygens (including phenoxy) is 2. The molecule has 4 nitrogen and oxygen atoms in total. The van der Waals surface area contributed by atoms with Gasteiger partial charge >= 0.3 is 0 Å². The molecule has 0 bridgehead atoms. The van der Waals surface area contributed by atoms with Gasteiger partial charge in [0.05, 0.1) is 12.1 Å². The van der Waals surface area contributed by atoms with E-state index in [-0.39, 0.29) is 5.41 Å². The van der Waals surface area contributed by atoms with Gasteiger partial charge in [-0.25, -0.2) is 9.98 Å². The molecule has 3 rings (SSSR count). The second-order valence-corrected chi connectivity index (χ2v) is 6.26. The monoisotopic (exact) mass is 278 g/mol. The maximum atomic E-state index is 5.97. The second kappa shape index (κ2) is 5.74. The summed E-state index contributed by atoms with van der Waals surface area (Å²) < 4.78 is 11.9. The number of hydrogen-bond donors (Lipinski definition) is 0. The number of rotatable bonds is 4. The van der Waals surface area contributed by atoms with E-state index in [1.165, 1.54) is 19.3 Å². The smallest absolute Gasteiger partial charge is 0.199 e. The molecule has 2 heterocycles. The number of aliphatic imine (C=N–C) groups is 2. The lowest BCUT2D eigenvalue weighted by atomic mass is 9.73. The van der Waals surface area contributed by atoms with Crippen molar-refractivity contribution in [3.63, 3.8) is 0 Å². The van der Waals surface area contributed by atoms with Gasteiger partial charge in [0.15, 0.2) is 11.8 Å². The van der Waals surface area contributed by atoms with Crippen molar-refractivity contribution >= 4 is 11.8 Å². The summed E-state index contributed by atoms with van der Waals surface area (Å²) in [6, 6.07) is 0.653. The highest BCUT2D eigenvalue weighted by Crippen LogP contribution is 2.42. The van der Waals surface area contributed by atoms with E-state index in [4.69, 9.17) is 19.5 Å². The van der Waals surface area contributed by atoms with E-state index >= 15 is 0 Å². The van der Waals surface area contributed by atoms with Crippen LogP contribution in [0.4, 0.5) is 0 Å². The van der Waals surface area contributed by atoms with E-state index in [1.807, 2.05) is 0 Å². The highest BCUT2D eigenvalue weighted by Gasteiger charge is 2.48. The third-order valence-corrected chi connectivity index (χ3v) is 4.89. The minimum Gasteiger partial charge on any atom is -0.478 e. The highest BCUT2D eigenvalue weighted by atomic mass is 16.5. The summed E-state index contributed by atoms with van der Waals surface area (Å²) in [5.41, 5.74) is -0.147. The molecular weight excluding hydrogens is 252 g/mol. The number of nitrogens with zero attached hydrogens (tertiary/aromatic N) is 2. The Hall–Kier alpha value is -1.06. The van der Waals surface area contributed by atoms with Crippen molar-refractivity contribution in [3.8, 4) is 0 Å². The summed E-state index contributed by atoms with van der Waals surface area (Å²) >= 11 is 0. The van der Waals surface area contributed by atoms with Crippen LogP contribution in [0.5, 0.6) is 0 Å². The van der Waals surface area contributed by atoms with Gasteiger partial charge in [0.1, 0.15) is 18.6 Å². The summed E-state index contributed by atoms with van der Waals surface area (Å²) in [4.78, 5) is 9.66. The molecule has 4 heteroatoms. The molecule has 0 spiro atoms. The van der Waals surface area contributed by atoms with Crippen LogP contribution in [-0.2, 0) is 9.47 Å². The average Bonchev–Trinajstić information content (AvgIpc) is 3.17. The Morgan fingerprint density at radius 3 is 1.80 bits per heavy atom. The zero-order valence-electron chi connectivity index (χ0n) is 12.7. The summed E-state index contributed by atoms with van der Waals surface area (Å²) in [5.74, 6) is 1.83. The molecule has 0 aromatic carbocycles. The van der Waals surface area contributed by atoms with E-state index in [9.17, 15) is 0 Å². The topological polar surface area (TPSA) is 43.2 Å². The molecule has 3 aliphatic rings. The molecule has 1 fully saturated rings. The third-order valence-electron chi connectivity index (χ3n) is 4.89. The van der Waals surface area contributed by atoms with E-state index < -0.39 is 0 Å². The molecule has 0 radical (unpaired) electrons.